The first-order chi connectivity index (χ1) is 14.8. The number of rotatable bonds is 5. The van der Waals surface area contributed by atoms with Crippen molar-refractivity contribution in [2.24, 2.45) is 0 Å². The molecule has 0 bridgehead atoms. The number of alkyl halides is 2. The number of hydrogen-bond donors (Lipinski definition) is 0. The number of halogens is 5. The number of benzene rings is 2. The molecule has 6 heteroatoms. The predicted molar refractivity (Wildman–Crippen MR) is 109 cm³/mol. The highest BCUT2D eigenvalue weighted by molar-refractivity contribution is 5.69. The largest absolute Gasteiger partial charge is 0.429 e. The van der Waals surface area contributed by atoms with Crippen LogP contribution in [-0.2, 0) is 0 Å². The van der Waals surface area contributed by atoms with E-state index in [1.807, 2.05) is 12.1 Å². The fourth-order valence-corrected chi connectivity index (χ4v) is 4.33. The summed E-state index contributed by atoms with van der Waals surface area (Å²) >= 11 is 0. The fraction of sp³-hybridized carbons (Fsp3) is 0.360. The van der Waals surface area contributed by atoms with Gasteiger partial charge in [0.25, 0.3) is 0 Å². The summed E-state index contributed by atoms with van der Waals surface area (Å²) < 4.78 is 73.1. The Morgan fingerprint density at radius 2 is 1.45 bits per heavy atom. The molecule has 0 atom stereocenters. The third-order valence-electron chi connectivity index (χ3n) is 6.08. The van der Waals surface area contributed by atoms with Crippen LogP contribution in [0.5, 0.6) is 5.75 Å². The van der Waals surface area contributed by atoms with Crippen molar-refractivity contribution in [1.82, 2.24) is 0 Å². The van der Waals surface area contributed by atoms with Crippen LogP contribution in [0.25, 0.3) is 5.57 Å². The highest BCUT2D eigenvalue weighted by Crippen LogP contribution is 2.38. The van der Waals surface area contributed by atoms with Gasteiger partial charge in [-0.15, -0.1) is 0 Å². The van der Waals surface area contributed by atoms with Crippen LogP contribution in [0.1, 0.15) is 62.0 Å². The van der Waals surface area contributed by atoms with Crippen molar-refractivity contribution in [3.8, 4) is 5.75 Å². The molecule has 2 aliphatic carbocycles. The lowest BCUT2D eigenvalue weighted by Gasteiger charge is -2.24. The molecular weight excluding hydrogens is 411 g/mol. The molecule has 0 N–H and O–H groups in total. The van der Waals surface area contributed by atoms with Gasteiger partial charge in [-0.1, -0.05) is 55.7 Å². The van der Waals surface area contributed by atoms with Crippen molar-refractivity contribution in [3.63, 3.8) is 0 Å². The maximum absolute atomic E-state index is 14.5. The SMILES string of the molecule is Fc1cc(OC(F)(F)C2=CC=C(c3ccc(C4CCCCC4)cc3)CC2)cc(F)c1F. The van der Waals surface area contributed by atoms with Crippen molar-refractivity contribution in [2.75, 3.05) is 0 Å². The topological polar surface area (TPSA) is 9.23 Å². The van der Waals surface area contributed by atoms with Crippen LogP contribution in [0.2, 0.25) is 0 Å². The average Bonchev–Trinajstić information content (AvgIpc) is 2.78. The minimum absolute atomic E-state index is 0.0371. The van der Waals surface area contributed by atoms with Crippen LogP contribution in [0.15, 0.2) is 54.1 Å². The molecule has 0 spiro atoms. The maximum atomic E-state index is 14.5. The zero-order valence-corrected chi connectivity index (χ0v) is 16.9. The lowest BCUT2D eigenvalue weighted by atomic mass is 9.83. The second-order valence-electron chi connectivity index (χ2n) is 8.16. The minimum Gasteiger partial charge on any atom is -0.429 e. The van der Waals surface area contributed by atoms with E-state index >= 15 is 0 Å². The average molecular weight is 434 g/mol. The van der Waals surface area contributed by atoms with Crippen LogP contribution in [-0.4, -0.2) is 6.11 Å². The van der Waals surface area contributed by atoms with Crippen LogP contribution >= 0.6 is 0 Å². The molecule has 164 valence electrons. The fourth-order valence-electron chi connectivity index (χ4n) is 4.33. The first-order valence-electron chi connectivity index (χ1n) is 10.6. The summed E-state index contributed by atoms with van der Waals surface area (Å²) in [5, 5.41) is 0. The smallest absolute Gasteiger partial charge is 0.422 e. The molecule has 1 fully saturated rings. The number of allylic oxidation sites excluding steroid dienone is 3. The zero-order valence-electron chi connectivity index (χ0n) is 16.9. The van der Waals surface area contributed by atoms with E-state index in [9.17, 15) is 22.0 Å². The molecule has 2 aromatic rings. The first kappa shape index (κ1) is 21.6. The molecule has 4 rings (SSSR count). The standard InChI is InChI=1S/C25H23F5O/c26-22-14-21(15-23(27)24(22)28)31-25(29,30)20-12-10-19(11-13-20)18-8-6-17(7-9-18)16-4-2-1-3-5-16/h6-10,12,14-16H,1-5,11,13H2. The van der Waals surface area contributed by atoms with E-state index < -0.39 is 29.3 Å². The Kier molecular flexibility index (Phi) is 6.17. The van der Waals surface area contributed by atoms with Crippen molar-refractivity contribution in [1.29, 1.82) is 0 Å². The van der Waals surface area contributed by atoms with Gasteiger partial charge in [-0.25, -0.2) is 13.2 Å². The monoisotopic (exact) mass is 434 g/mol. The van der Waals surface area contributed by atoms with Gasteiger partial charge in [0.2, 0.25) is 0 Å². The maximum Gasteiger partial charge on any atom is 0.422 e. The highest BCUT2D eigenvalue weighted by atomic mass is 19.3. The summed E-state index contributed by atoms with van der Waals surface area (Å²) in [4.78, 5) is 0. The van der Waals surface area contributed by atoms with Gasteiger partial charge in [0.15, 0.2) is 17.5 Å². The van der Waals surface area contributed by atoms with E-state index in [-0.39, 0.29) is 12.0 Å². The Balaban J connectivity index is 1.47. The quantitative estimate of drug-likeness (QED) is 0.343. The van der Waals surface area contributed by atoms with Crippen LogP contribution in [0.4, 0.5) is 22.0 Å². The van der Waals surface area contributed by atoms with Crippen LogP contribution in [0.3, 0.4) is 0 Å². The predicted octanol–water partition coefficient (Wildman–Crippen LogP) is 7.93. The van der Waals surface area contributed by atoms with Gasteiger partial charge in [0.05, 0.1) is 0 Å². The molecule has 0 aromatic heterocycles. The normalized spacial score (nSPS) is 17.8. The molecule has 1 nitrogen and oxygen atoms in total. The summed E-state index contributed by atoms with van der Waals surface area (Å²) in [5.74, 6) is -5.05. The van der Waals surface area contributed by atoms with E-state index in [4.69, 9.17) is 0 Å². The zero-order chi connectivity index (χ0) is 22.0. The van der Waals surface area contributed by atoms with Gasteiger partial charge in [-0.3, -0.25) is 0 Å². The van der Waals surface area contributed by atoms with Crippen molar-refractivity contribution in [3.05, 3.63) is 82.7 Å². The molecule has 31 heavy (non-hydrogen) atoms. The lowest BCUT2D eigenvalue weighted by Crippen LogP contribution is -2.28. The summed E-state index contributed by atoms with van der Waals surface area (Å²) in [6.45, 7) is 0. The van der Waals surface area contributed by atoms with E-state index in [1.54, 1.807) is 6.08 Å². The Morgan fingerprint density at radius 1 is 0.806 bits per heavy atom. The lowest BCUT2D eigenvalue weighted by molar-refractivity contribution is -0.144. The molecule has 0 saturated heterocycles. The Morgan fingerprint density at radius 3 is 2.03 bits per heavy atom. The molecular formula is C25H23F5O. The summed E-state index contributed by atoms with van der Waals surface area (Å²) in [6.07, 6.45) is 5.82. The van der Waals surface area contributed by atoms with Crippen molar-refractivity contribution >= 4 is 5.57 Å². The molecule has 1 saturated carbocycles. The first-order valence-corrected chi connectivity index (χ1v) is 10.6. The summed E-state index contributed by atoms with van der Waals surface area (Å²) in [5.41, 5.74) is 2.95. The van der Waals surface area contributed by atoms with E-state index in [1.165, 1.54) is 43.7 Å². The Hall–Kier alpha value is -2.63. The van der Waals surface area contributed by atoms with Gasteiger partial charge in [0.1, 0.15) is 5.75 Å². The third kappa shape index (κ3) is 4.83. The summed E-state index contributed by atoms with van der Waals surface area (Å²) in [7, 11) is 0. The van der Waals surface area contributed by atoms with Gasteiger partial charge < -0.3 is 4.74 Å². The van der Waals surface area contributed by atoms with Gasteiger partial charge >= 0.3 is 6.11 Å². The molecule has 2 aliphatic rings. The molecule has 2 aromatic carbocycles. The molecule has 0 heterocycles. The Bertz CT molecular complexity index is 978. The molecule has 0 unspecified atom stereocenters. The van der Waals surface area contributed by atoms with Crippen molar-refractivity contribution < 1.29 is 26.7 Å². The number of ether oxygens (including phenoxy) is 1. The second kappa shape index (κ2) is 8.85. The Labute approximate surface area is 178 Å². The van der Waals surface area contributed by atoms with Gasteiger partial charge in [-0.2, -0.15) is 8.78 Å². The summed E-state index contributed by atoms with van der Waals surface area (Å²) in [6, 6.07) is 9.14. The van der Waals surface area contributed by atoms with Crippen LogP contribution < -0.4 is 4.74 Å². The molecule has 0 aliphatic heterocycles. The molecule has 0 amide bonds. The van der Waals surface area contributed by atoms with Gasteiger partial charge in [0, 0.05) is 17.7 Å². The second-order valence-corrected chi connectivity index (χ2v) is 8.16. The van der Waals surface area contributed by atoms with Gasteiger partial charge in [-0.05, 0) is 48.3 Å². The van der Waals surface area contributed by atoms with E-state index in [2.05, 4.69) is 16.9 Å². The van der Waals surface area contributed by atoms with Crippen molar-refractivity contribution in [2.45, 2.75) is 57.0 Å². The van der Waals surface area contributed by atoms with E-state index in [0.29, 0.717) is 24.5 Å². The number of hydrogen-bond acceptors (Lipinski definition) is 1. The highest BCUT2D eigenvalue weighted by Gasteiger charge is 2.38. The molecule has 0 radical (unpaired) electrons. The minimum atomic E-state index is -3.76. The van der Waals surface area contributed by atoms with Crippen LogP contribution in [0, 0.1) is 17.5 Å². The third-order valence-corrected chi connectivity index (χ3v) is 6.08. The van der Waals surface area contributed by atoms with E-state index in [0.717, 1.165) is 11.1 Å².